The Bertz CT molecular complexity index is 1580. The third kappa shape index (κ3) is 9.14. The Labute approximate surface area is 251 Å². The van der Waals surface area contributed by atoms with Gasteiger partial charge in [0, 0.05) is 30.2 Å². The summed E-state index contributed by atoms with van der Waals surface area (Å²) in [6, 6.07) is 29.2. The lowest BCUT2D eigenvalue weighted by molar-refractivity contribution is 0.0829. The Hall–Kier alpha value is -3.73. The summed E-state index contributed by atoms with van der Waals surface area (Å²) >= 11 is 6.00. The molecule has 4 aromatic carbocycles. The number of carbonyl (C=O) groups excluding carboxylic acids is 1. The van der Waals surface area contributed by atoms with Gasteiger partial charge in [0.1, 0.15) is 5.75 Å². The van der Waals surface area contributed by atoms with Gasteiger partial charge in [0.25, 0.3) is 5.91 Å². The van der Waals surface area contributed by atoms with Crippen LogP contribution in [0.2, 0.25) is 5.02 Å². The number of halogens is 1. The Morgan fingerprint density at radius 3 is 2.29 bits per heavy atom. The summed E-state index contributed by atoms with van der Waals surface area (Å²) < 4.78 is 33.8. The number of aliphatic hydroxyl groups is 1. The number of rotatable bonds is 14. The van der Waals surface area contributed by atoms with Crippen LogP contribution in [-0.4, -0.2) is 45.2 Å². The minimum Gasteiger partial charge on any atom is -0.497 e. The molecule has 220 valence electrons. The van der Waals surface area contributed by atoms with Crippen molar-refractivity contribution in [2.45, 2.75) is 36.6 Å². The van der Waals surface area contributed by atoms with Crippen molar-refractivity contribution in [2.75, 3.05) is 13.7 Å². The Kier molecular flexibility index (Phi) is 11.1. The minimum atomic E-state index is -3.91. The van der Waals surface area contributed by atoms with E-state index in [1.807, 2.05) is 54.6 Å². The molecule has 2 atom stereocenters. The van der Waals surface area contributed by atoms with Crippen LogP contribution in [-0.2, 0) is 29.5 Å². The second-order valence-electron chi connectivity index (χ2n) is 9.80. The average Bonchev–Trinajstić information content (AvgIpc) is 3.00. The van der Waals surface area contributed by atoms with Gasteiger partial charge in [0.05, 0.1) is 24.2 Å². The molecule has 4 N–H and O–H groups in total. The van der Waals surface area contributed by atoms with Crippen molar-refractivity contribution in [2.24, 2.45) is 0 Å². The molecular weight excluding hydrogens is 574 g/mol. The quantitative estimate of drug-likeness (QED) is 0.170. The zero-order chi connectivity index (χ0) is 30.0. The first-order valence-corrected chi connectivity index (χ1v) is 15.3. The fourth-order valence-corrected chi connectivity index (χ4v) is 5.68. The zero-order valence-corrected chi connectivity index (χ0v) is 24.7. The molecule has 0 spiro atoms. The Morgan fingerprint density at radius 2 is 1.55 bits per heavy atom. The van der Waals surface area contributed by atoms with Crippen molar-refractivity contribution >= 4 is 27.5 Å². The van der Waals surface area contributed by atoms with Crippen molar-refractivity contribution in [3.05, 3.63) is 130 Å². The Balaban J connectivity index is 1.44. The second-order valence-corrected chi connectivity index (χ2v) is 12.0. The number of aliphatic hydroxyl groups excluding tert-OH is 1. The first-order chi connectivity index (χ1) is 20.2. The van der Waals surface area contributed by atoms with Gasteiger partial charge in [0.15, 0.2) is 0 Å². The lowest BCUT2D eigenvalue weighted by Crippen LogP contribution is -2.48. The highest BCUT2D eigenvalue weighted by molar-refractivity contribution is 7.89. The van der Waals surface area contributed by atoms with Crippen LogP contribution in [0.4, 0.5) is 0 Å². The number of ether oxygens (including phenoxy) is 1. The predicted molar refractivity (Wildman–Crippen MR) is 164 cm³/mol. The summed E-state index contributed by atoms with van der Waals surface area (Å²) in [5.41, 5.74) is 2.80. The van der Waals surface area contributed by atoms with Crippen LogP contribution in [0.15, 0.2) is 108 Å². The van der Waals surface area contributed by atoms with E-state index < -0.39 is 28.1 Å². The topological polar surface area (TPSA) is 117 Å². The van der Waals surface area contributed by atoms with E-state index in [0.29, 0.717) is 23.6 Å². The maximum Gasteiger partial charge on any atom is 0.251 e. The molecule has 1 amide bonds. The highest BCUT2D eigenvalue weighted by Crippen LogP contribution is 2.16. The molecule has 4 rings (SSSR count). The zero-order valence-electron chi connectivity index (χ0n) is 23.2. The predicted octanol–water partition coefficient (Wildman–Crippen LogP) is 4.32. The smallest absolute Gasteiger partial charge is 0.251 e. The maximum atomic E-state index is 13.3. The number of amides is 1. The minimum absolute atomic E-state index is 0.0442. The normalized spacial score (nSPS) is 12.8. The highest BCUT2D eigenvalue weighted by Gasteiger charge is 2.23. The van der Waals surface area contributed by atoms with Gasteiger partial charge in [-0.1, -0.05) is 72.3 Å². The third-order valence-corrected chi connectivity index (χ3v) is 8.29. The van der Waals surface area contributed by atoms with Gasteiger partial charge in [-0.2, -0.15) is 0 Å². The molecule has 0 bridgehead atoms. The molecule has 0 saturated carbocycles. The van der Waals surface area contributed by atoms with Crippen LogP contribution in [0, 0.1) is 0 Å². The first-order valence-electron chi connectivity index (χ1n) is 13.4. The number of sulfonamides is 1. The molecule has 8 nitrogen and oxygen atoms in total. The van der Waals surface area contributed by atoms with Crippen LogP contribution in [0.3, 0.4) is 0 Å². The van der Waals surface area contributed by atoms with E-state index in [1.165, 1.54) is 24.3 Å². The van der Waals surface area contributed by atoms with E-state index in [2.05, 4.69) is 15.4 Å². The van der Waals surface area contributed by atoms with Crippen LogP contribution < -0.4 is 20.1 Å². The molecule has 2 unspecified atom stereocenters. The number of methoxy groups -OCH3 is 1. The SMILES string of the molecule is COc1cccc(CNCC(O)C(Cc2ccccc2)NC(=O)c2cccc(S(=O)(=O)NCc3cccc(Cl)c3)c2)c1. The first kappa shape index (κ1) is 31.2. The molecule has 0 fully saturated rings. The number of hydrogen-bond donors (Lipinski definition) is 4. The third-order valence-electron chi connectivity index (χ3n) is 6.66. The van der Waals surface area contributed by atoms with Gasteiger partial charge in [0.2, 0.25) is 10.0 Å². The fourth-order valence-electron chi connectivity index (χ4n) is 4.41. The molecule has 0 heterocycles. The summed E-state index contributed by atoms with van der Waals surface area (Å²) in [5.74, 6) is 0.252. The molecular formula is C32H34ClN3O5S. The molecule has 0 radical (unpaired) electrons. The monoisotopic (exact) mass is 607 g/mol. The lowest BCUT2D eigenvalue weighted by atomic mass is 10.0. The van der Waals surface area contributed by atoms with E-state index >= 15 is 0 Å². The number of carbonyl (C=O) groups is 1. The molecule has 0 aliphatic heterocycles. The van der Waals surface area contributed by atoms with Crippen molar-refractivity contribution in [1.29, 1.82) is 0 Å². The van der Waals surface area contributed by atoms with Crippen molar-refractivity contribution in [1.82, 2.24) is 15.4 Å². The molecule has 42 heavy (non-hydrogen) atoms. The van der Waals surface area contributed by atoms with E-state index in [-0.39, 0.29) is 23.5 Å². The van der Waals surface area contributed by atoms with Gasteiger partial charge in [-0.3, -0.25) is 4.79 Å². The Morgan fingerprint density at radius 1 is 0.857 bits per heavy atom. The summed E-state index contributed by atoms with van der Waals surface area (Å²) in [6.07, 6.45) is -0.542. The molecule has 0 aliphatic rings. The standard InChI is InChI=1S/C32H34ClN3O5S/c1-41-28-14-6-11-25(17-28)20-34-22-31(37)30(18-23-8-3-2-4-9-23)36-32(38)26-12-7-15-29(19-26)42(39,40)35-21-24-10-5-13-27(33)16-24/h2-17,19,30-31,34-35,37H,18,20-22H2,1H3,(H,36,38). The fraction of sp³-hybridized carbons (Fsp3) is 0.219. The molecule has 0 aliphatic carbocycles. The maximum absolute atomic E-state index is 13.3. The highest BCUT2D eigenvalue weighted by atomic mass is 35.5. The van der Waals surface area contributed by atoms with E-state index in [9.17, 15) is 18.3 Å². The van der Waals surface area contributed by atoms with Gasteiger partial charge in [-0.15, -0.1) is 0 Å². The second kappa shape index (κ2) is 14.9. The van der Waals surface area contributed by atoms with Gasteiger partial charge >= 0.3 is 0 Å². The number of nitrogens with one attached hydrogen (secondary N) is 3. The molecule has 0 aromatic heterocycles. The average molecular weight is 608 g/mol. The van der Waals surface area contributed by atoms with E-state index in [4.69, 9.17) is 16.3 Å². The van der Waals surface area contributed by atoms with Crippen LogP contribution in [0.1, 0.15) is 27.0 Å². The number of hydrogen-bond acceptors (Lipinski definition) is 6. The van der Waals surface area contributed by atoms with E-state index in [1.54, 1.807) is 31.4 Å². The van der Waals surface area contributed by atoms with E-state index in [0.717, 1.165) is 16.9 Å². The molecule has 0 saturated heterocycles. The van der Waals surface area contributed by atoms with Crippen molar-refractivity contribution in [3.8, 4) is 5.75 Å². The van der Waals surface area contributed by atoms with Gasteiger partial charge in [-0.25, -0.2) is 13.1 Å². The lowest BCUT2D eigenvalue weighted by Gasteiger charge is -2.25. The van der Waals surface area contributed by atoms with Gasteiger partial charge < -0.3 is 20.5 Å². The summed E-state index contributed by atoms with van der Waals surface area (Å²) in [4.78, 5) is 13.3. The van der Waals surface area contributed by atoms with Crippen LogP contribution in [0.25, 0.3) is 0 Å². The number of benzene rings is 4. The van der Waals surface area contributed by atoms with Gasteiger partial charge in [-0.05, 0) is 65.6 Å². The summed E-state index contributed by atoms with van der Waals surface area (Å²) in [5, 5.41) is 17.8. The van der Waals surface area contributed by atoms with Crippen LogP contribution in [0.5, 0.6) is 5.75 Å². The van der Waals surface area contributed by atoms with Crippen LogP contribution >= 0.6 is 11.6 Å². The summed E-state index contributed by atoms with van der Waals surface area (Å²) in [7, 11) is -2.30. The van der Waals surface area contributed by atoms with Crippen molar-refractivity contribution in [3.63, 3.8) is 0 Å². The molecule has 10 heteroatoms. The molecule has 4 aromatic rings. The van der Waals surface area contributed by atoms with Crippen molar-refractivity contribution < 1.29 is 23.1 Å². The largest absolute Gasteiger partial charge is 0.497 e. The summed E-state index contributed by atoms with van der Waals surface area (Å²) in [6.45, 7) is 0.770.